The Hall–Kier alpha value is 1.03. The van der Waals surface area contributed by atoms with Crippen molar-refractivity contribution in [3.63, 3.8) is 0 Å². The van der Waals surface area contributed by atoms with Crippen molar-refractivity contribution in [2.24, 2.45) is 0 Å². The number of carbonyl (C=O) groups is 2. The van der Waals surface area contributed by atoms with Crippen LogP contribution in [0, 0.1) is 0 Å². The van der Waals surface area contributed by atoms with E-state index in [2.05, 4.69) is 0 Å². The summed E-state index contributed by atoms with van der Waals surface area (Å²) < 4.78 is 4.73. The van der Waals surface area contributed by atoms with Crippen LogP contribution in [0.25, 0.3) is 0 Å². The van der Waals surface area contributed by atoms with E-state index in [1.807, 2.05) is 0 Å². The molecule has 0 aliphatic heterocycles. The minimum Gasteiger partial charge on any atom is -0.652 e. The smallest absolute Gasteiger partial charge is 0.652 e. The van der Waals surface area contributed by atoms with Crippen LogP contribution in [-0.4, -0.2) is 23.8 Å². The molecule has 6 nitrogen and oxygen atoms in total. The number of benzene rings is 1. The fraction of sp³-hybridized carbons (Fsp3) is 0.200. The number of phenolic OH excluding ortho intramolecular Hbond substituents is 1. The molecule has 0 saturated heterocycles. The van der Waals surface area contributed by atoms with Crippen molar-refractivity contribution in [3.05, 3.63) is 29.8 Å². The summed E-state index contributed by atoms with van der Waals surface area (Å²) in [4.78, 5) is 19.4. The quantitative estimate of drug-likeness (QED) is 0.429. The Kier molecular flexibility index (Phi) is 19.3. The van der Waals surface area contributed by atoms with Crippen LogP contribution >= 0.6 is 0 Å². The molecular weight excluding hydrogens is 294 g/mol. The van der Waals surface area contributed by atoms with Gasteiger partial charge in [0.25, 0.3) is 0 Å². The largest absolute Gasteiger partial charge is 1.00 e. The summed E-state index contributed by atoms with van der Waals surface area (Å²) in [5.74, 6) is -0.339. The number of aromatic hydroxyl groups is 1. The first kappa shape index (κ1) is 24.1. The van der Waals surface area contributed by atoms with E-state index in [0.717, 1.165) is 0 Å². The molecule has 0 radical (unpaired) electrons. The van der Waals surface area contributed by atoms with Crippen LogP contribution in [-0.2, 0) is 4.74 Å². The number of carboxylic acid groups (broad SMARTS) is 2. The number of hydrogen-bond acceptors (Lipinski definition) is 6. The van der Waals surface area contributed by atoms with Gasteiger partial charge >= 0.3 is 109 Å². The van der Waals surface area contributed by atoms with Gasteiger partial charge in [0.15, 0.2) is 0 Å². The maximum absolute atomic E-state index is 11.1. The molecule has 0 bridgehead atoms. The van der Waals surface area contributed by atoms with Crippen LogP contribution in [0.3, 0.4) is 0 Å². The molecule has 0 aliphatic carbocycles. The third-order valence-electron chi connectivity index (χ3n) is 1.36. The molecule has 0 fully saturated rings. The Bertz CT molecular complexity index is 365. The van der Waals surface area contributed by atoms with Crippen LogP contribution in [0.5, 0.6) is 5.75 Å². The first-order valence-corrected chi connectivity index (χ1v) is 4.31. The van der Waals surface area contributed by atoms with Crippen molar-refractivity contribution in [1.82, 2.24) is 0 Å². The minimum atomic E-state index is -2.33. The molecule has 0 atom stereocenters. The monoisotopic (exact) mass is 304 g/mol. The van der Waals surface area contributed by atoms with Gasteiger partial charge in [-0.05, 0) is 31.3 Å². The van der Waals surface area contributed by atoms with Crippen molar-refractivity contribution in [1.29, 1.82) is 0 Å². The van der Waals surface area contributed by atoms with Crippen LogP contribution in [0.2, 0.25) is 0 Å². The van der Waals surface area contributed by atoms with Crippen LogP contribution in [0.1, 0.15) is 17.3 Å². The maximum atomic E-state index is 11.1. The summed E-state index contributed by atoms with van der Waals surface area (Å²) in [6.45, 7) is 2.08. The zero-order valence-electron chi connectivity index (χ0n) is 10.5. The first-order chi connectivity index (χ1) is 7.47. The first-order valence-electron chi connectivity index (χ1n) is 4.31. The fourth-order valence-corrected chi connectivity index (χ4v) is 0.847. The summed E-state index contributed by atoms with van der Waals surface area (Å²) in [6.07, 6.45) is -2.33. The molecule has 0 aliphatic rings. The summed E-state index contributed by atoms with van der Waals surface area (Å²) >= 11 is 0. The second-order valence-corrected chi connectivity index (χ2v) is 2.52. The van der Waals surface area contributed by atoms with Gasteiger partial charge in [0, 0.05) is 0 Å². The molecule has 0 aromatic heterocycles. The van der Waals surface area contributed by atoms with Gasteiger partial charge in [-0.3, -0.25) is 0 Å². The Morgan fingerprint density at radius 3 is 2.17 bits per heavy atom. The molecule has 8 heteroatoms. The molecule has 18 heavy (non-hydrogen) atoms. The normalized spacial score (nSPS) is 7.61. The second kappa shape index (κ2) is 14.4. The minimum absolute atomic E-state index is 0. The molecule has 0 unspecified atom stereocenters. The van der Waals surface area contributed by atoms with Crippen LogP contribution in [0.15, 0.2) is 24.3 Å². The van der Waals surface area contributed by atoms with Crippen molar-refractivity contribution >= 4 is 12.1 Å². The average Bonchev–Trinajstić information content (AvgIpc) is 2.17. The number of rotatable bonds is 2. The second-order valence-electron chi connectivity index (χ2n) is 2.52. The van der Waals surface area contributed by atoms with Crippen LogP contribution < -0.4 is 113 Å². The Labute approximate surface area is 190 Å². The van der Waals surface area contributed by atoms with Crippen LogP contribution in [0.4, 0.5) is 4.79 Å². The number of ether oxygens (including phenoxy) is 1. The zero-order valence-corrected chi connectivity index (χ0v) is 16.8. The molecule has 1 aromatic rings. The van der Waals surface area contributed by atoms with Gasteiger partial charge in [-0.1, -0.05) is 6.07 Å². The van der Waals surface area contributed by atoms with Crippen molar-refractivity contribution in [2.75, 3.05) is 6.61 Å². The topological polar surface area (TPSA) is 110 Å². The van der Waals surface area contributed by atoms with E-state index in [4.69, 9.17) is 24.9 Å². The molecule has 1 rings (SSSR count). The van der Waals surface area contributed by atoms with E-state index in [9.17, 15) is 4.79 Å². The maximum Gasteiger partial charge on any atom is 1.00 e. The number of carbonyl (C=O) groups excluding carboxylic acids is 2. The van der Waals surface area contributed by atoms with E-state index in [1.54, 1.807) is 19.1 Å². The number of phenols is 1. The molecular formula is C10H10K2O6. The average molecular weight is 304 g/mol. The van der Waals surface area contributed by atoms with Crippen molar-refractivity contribution < 1.29 is 132 Å². The van der Waals surface area contributed by atoms with E-state index in [0.29, 0.717) is 12.2 Å². The third kappa shape index (κ3) is 13.5. The summed E-state index contributed by atoms with van der Waals surface area (Å²) in [7, 11) is 0. The predicted molar refractivity (Wildman–Crippen MR) is 49.5 cm³/mol. The van der Waals surface area contributed by atoms with E-state index >= 15 is 0 Å². The Balaban J connectivity index is -0.000000332. The van der Waals surface area contributed by atoms with Gasteiger partial charge in [0.2, 0.25) is 0 Å². The van der Waals surface area contributed by atoms with Gasteiger partial charge in [-0.2, -0.15) is 0 Å². The van der Waals surface area contributed by atoms with E-state index < -0.39 is 12.1 Å². The fourth-order valence-electron chi connectivity index (χ4n) is 0.847. The molecule has 0 amide bonds. The molecule has 0 spiro atoms. The van der Waals surface area contributed by atoms with Gasteiger partial charge < -0.3 is 24.9 Å². The molecule has 88 valence electrons. The summed E-state index contributed by atoms with van der Waals surface area (Å²) in [5.41, 5.74) is 0.372. The Morgan fingerprint density at radius 2 is 1.78 bits per heavy atom. The Morgan fingerprint density at radius 1 is 1.28 bits per heavy atom. The standard InChI is InChI=1S/C9H10O3.CH2O3.2K/c1-2-12-9(11)7-4-3-5-8(10)6-7;2-1(3)4;;/h3-6,10H,2H2,1H3;(H2,2,3,4);;/q;;2*+1/p-2. The molecule has 0 saturated carbocycles. The SMILES string of the molecule is CCOC(=O)c1cccc(O)c1.O=C([O-])[O-].[K+].[K+]. The molecule has 1 N–H and O–H groups in total. The third-order valence-corrected chi connectivity index (χ3v) is 1.36. The van der Waals surface area contributed by atoms with Crippen molar-refractivity contribution in [2.45, 2.75) is 6.92 Å². The predicted octanol–water partition coefficient (Wildman–Crippen LogP) is -6.87. The van der Waals surface area contributed by atoms with Gasteiger partial charge in [0.1, 0.15) is 5.75 Å². The van der Waals surface area contributed by atoms with E-state index in [-0.39, 0.29) is 109 Å². The number of esters is 1. The molecule has 0 heterocycles. The summed E-state index contributed by atoms with van der Waals surface area (Å²) in [6, 6.07) is 6.07. The number of hydrogen-bond donors (Lipinski definition) is 1. The molecule has 1 aromatic carbocycles. The van der Waals surface area contributed by atoms with Gasteiger partial charge in [-0.25, -0.2) is 4.79 Å². The van der Waals surface area contributed by atoms with E-state index in [1.165, 1.54) is 12.1 Å². The summed E-state index contributed by atoms with van der Waals surface area (Å²) in [5, 5.41) is 25.7. The van der Waals surface area contributed by atoms with Gasteiger partial charge in [0.05, 0.1) is 12.2 Å². The van der Waals surface area contributed by atoms with Gasteiger partial charge in [-0.15, -0.1) is 0 Å². The zero-order chi connectivity index (χ0) is 12.6. The van der Waals surface area contributed by atoms with Crippen molar-refractivity contribution in [3.8, 4) is 5.75 Å².